The molecule has 1 rings (SSSR count). The zero-order valence-corrected chi connectivity index (χ0v) is 10.3. The maximum atomic E-state index is 11.2. The van der Waals surface area contributed by atoms with Gasteiger partial charge >= 0.3 is 41.5 Å². The van der Waals surface area contributed by atoms with Crippen molar-refractivity contribution >= 4 is 51.6 Å². The Morgan fingerprint density at radius 1 is 1.11 bits per heavy atom. The van der Waals surface area contributed by atoms with Gasteiger partial charge in [0.05, 0.1) is 11.1 Å². The summed E-state index contributed by atoms with van der Waals surface area (Å²) in [5, 5.41) is 17.9. The second-order valence-electron chi connectivity index (χ2n) is 3.66. The predicted octanol–water partition coefficient (Wildman–Crippen LogP) is 0.298. The quantitative estimate of drug-likeness (QED) is 0.540. The first kappa shape index (κ1) is 18.1. The molecule has 3 N–H and O–H groups in total. The average molecular weight is 298 g/mol. The van der Waals surface area contributed by atoms with E-state index in [-0.39, 0.29) is 46.2 Å². The van der Waals surface area contributed by atoms with E-state index in [0.29, 0.717) is 0 Å². The topological polar surface area (TPSA) is 129 Å². The van der Waals surface area contributed by atoms with Gasteiger partial charge in [-0.2, -0.15) is 8.42 Å². The summed E-state index contributed by atoms with van der Waals surface area (Å²) in [4.78, 5) is 21.2. The van der Waals surface area contributed by atoms with Crippen LogP contribution in [0.5, 0.6) is 0 Å². The SMILES string of the molecule is Cc1cc(C(=O)O)c(C)c(C(=O)O)c1S(=O)(=O)O.[NaH]. The first-order chi connectivity index (χ1) is 8.07. The van der Waals surface area contributed by atoms with Crippen molar-refractivity contribution in [1.29, 1.82) is 0 Å². The number of carboxylic acids is 2. The van der Waals surface area contributed by atoms with Crippen molar-refractivity contribution in [3.05, 3.63) is 28.3 Å². The summed E-state index contributed by atoms with van der Waals surface area (Å²) in [6.45, 7) is 2.38. The number of hydrogen-bond donors (Lipinski definition) is 3. The molecule has 0 radical (unpaired) electrons. The minimum absolute atomic E-state index is 0. The van der Waals surface area contributed by atoms with Crippen molar-refractivity contribution in [1.82, 2.24) is 0 Å². The molecule has 0 aliphatic heterocycles. The van der Waals surface area contributed by atoms with E-state index >= 15 is 0 Å². The Bertz CT molecular complexity index is 648. The van der Waals surface area contributed by atoms with Gasteiger partial charge in [0.1, 0.15) is 4.90 Å². The van der Waals surface area contributed by atoms with E-state index in [1.807, 2.05) is 0 Å². The van der Waals surface area contributed by atoms with E-state index in [1.165, 1.54) is 13.8 Å². The van der Waals surface area contributed by atoms with Crippen LogP contribution in [0.1, 0.15) is 31.8 Å². The van der Waals surface area contributed by atoms with Crippen LogP contribution in [0.3, 0.4) is 0 Å². The zero-order valence-electron chi connectivity index (χ0n) is 9.46. The van der Waals surface area contributed by atoms with Crippen LogP contribution in [0.15, 0.2) is 11.0 Å². The van der Waals surface area contributed by atoms with Gasteiger partial charge in [0, 0.05) is 0 Å². The molecular formula is C10H11NaO7S. The van der Waals surface area contributed by atoms with Crippen LogP contribution in [0, 0.1) is 13.8 Å². The second-order valence-corrected chi connectivity index (χ2v) is 5.01. The van der Waals surface area contributed by atoms with Crippen LogP contribution in [0.2, 0.25) is 0 Å². The van der Waals surface area contributed by atoms with Gasteiger partial charge in [-0.15, -0.1) is 0 Å². The van der Waals surface area contributed by atoms with E-state index in [9.17, 15) is 18.0 Å². The van der Waals surface area contributed by atoms with Crippen LogP contribution in [-0.4, -0.2) is 64.7 Å². The molecule has 0 saturated carbocycles. The minimum atomic E-state index is -4.75. The molecular weight excluding hydrogens is 287 g/mol. The Balaban J connectivity index is 0.00000324. The van der Waals surface area contributed by atoms with Crippen LogP contribution in [0.25, 0.3) is 0 Å². The van der Waals surface area contributed by atoms with Crippen LogP contribution >= 0.6 is 0 Å². The Morgan fingerprint density at radius 3 is 1.89 bits per heavy atom. The van der Waals surface area contributed by atoms with Crippen LogP contribution < -0.4 is 0 Å². The van der Waals surface area contributed by atoms with Crippen molar-refractivity contribution in [3.63, 3.8) is 0 Å². The zero-order chi connectivity index (χ0) is 14.2. The summed E-state index contributed by atoms with van der Waals surface area (Å²) >= 11 is 0. The van der Waals surface area contributed by atoms with Crippen molar-refractivity contribution in [2.24, 2.45) is 0 Å². The molecule has 9 heteroatoms. The first-order valence-corrected chi connectivity index (χ1v) is 6.09. The molecule has 0 spiro atoms. The number of aromatic carboxylic acids is 2. The van der Waals surface area contributed by atoms with E-state index < -0.39 is 32.5 Å². The van der Waals surface area contributed by atoms with E-state index in [2.05, 4.69) is 0 Å². The summed E-state index contributed by atoms with van der Waals surface area (Å²) in [7, 11) is -4.75. The number of carbonyl (C=O) groups is 2. The third kappa shape index (κ3) is 3.54. The molecule has 7 nitrogen and oxygen atoms in total. The molecule has 19 heavy (non-hydrogen) atoms. The molecule has 1 aromatic rings. The summed E-state index contributed by atoms with van der Waals surface area (Å²) in [5.41, 5.74) is -1.42. The van der Waals surface area contributed by atoms with Gasteiger partial charge in [-0.3, -0.25) is 4.55 Å². The molecule has 0 bridgehead atoms. The van der Waals surface area contributed by atoms with E-state index in [4.69, 9.17) is 14.8 Å². The van der Waals surface area contributed by atoms with E-state index in [1.54, 1.807) is 0 Å². The van der Waals surface area contributed by atoms with Crippen LogP contribution in [-0.2, 0) is 10.1 Å². The van der Waals surface area contributed by atoms with Gasteiger partial charge in [0.15, 0.2) is 0 Å². The van der Waals surface area contributed by atoms with Gasteiger partial charge in [0.2, 0.25) is 0 Å². The number of aryl methyl sites for hydroxylation is 1. The van der Waals surface area contributed by atoms with Gasteiger partial charge in [0.25, 0.3) is 10.1 Å². The second kappa shape index (κ2) is 6.02. The van der Waals surface area contributed by atoms with Crippen molar-refractivity contribution < 1.29 is 32.8 Å². The first-order valence-electron chi connectivity index (χ1n) is 4.65. The van der Waals surface area contributed by atoms with Gasteiger partial charge < -0.3 is 10.2 Å². The molecule has 1 aromatic carbocycles. The molecule has 100 valence electrons. The summed E-state index contributed by atoms with van der Waals surface area (Å²) < 4.78 is 31.3. The molecule has 0 atom stereocenters. The van der Waals surface area contributed by atoms with Gasteiger partial charge in [-0.1, -0.05) is 0 Å². The summed E-state index contributed by atoms with van der Waals surface area (Å²) in [5.74, 6) is -2.99. The Hall–Kier alpha value is -0.930. The summed E-state index contributed by atoms with van der Waals surface area (Å²) in [6.07, 6.45) is 0. The Morgan fingerprint density at radius 2 is 1.58 bits per heavy atom. The Kier molecular flexibility index (Phi) is 5.72. The van der Waals surface area contributed by atoms with Crippen LogP contribution in [0.4, 0.5) is 0 Å². The van der Waals surface area contributed by atoms with Crippen molar-refractivity contribution in [2.75, 3.05) is 0 Å². The van der Waals surface area contributed by atoms with Gasteiger partial charge in [-0.05, 0) is 31.0 Å². The molecule has 0 heterocycles. The molecule has 0 aliphatic carbocycles. The number of hydrogen-bond acceptors (Lipinski definition) is 4. The number of rotatable bonds is 3. The molecule has 0 aliphatic rings. The molecule has 0 fully saturated rings. The normalized spacial score (nSPS) is 10.7. The van der Waals surface area contributed by atoms with Crippen molar-refractivity contribution in [3.8, 4) is 0 Å². The maximum absolute atomic E-state index is 11.2. The molecule has 0 saturated heterocycles. The predicted molar refractivity (Wildman–Crippen MR) is 66.8 cm³/mol. The molecule has 0 unspecified atom stereocenters. The fourth-order valence-corrected chi connectivity index (χ4v) is 2.67. The Labute approximate surface area is 131 Å². The van der Waals surface area contributed by atoms with E-state index in [0.717, 1.165) is 6.07 Å². The number of benzene rings is 1. The van der Waals surface area contributed by atoms with Gasteiger partial charge in [-0.25, -0.2) is 9.59 Å². The number of carboxylic acid groups (broad SMARTS) is 2. The summed E-state index contributed by atoms with van der Waals surface area (Å²) in [6, 6.07) is 1.01. The molecule has 0 aromatic heterocycles. The standard InChI is InChI=1S/C10H10O7S.Na.H/c1-4-3-6(9(11)12)5(2)7(10(13)14)8(4)18(15,16)17;;/h3H,1-2H3,(H,11,12)(H,13,14)(H,15,16,17);;. The molecule has 0 amide bonds. The monoisotopic (exact) mass is 298 g/mol. The fourth-order valence-electron chi connectivity index (χ4n) is 1.70. The fraction of sp³-hybridized carbons (Fsp3) is 0.200. The van der Waals surface area contributed by atoms with Crippen molar-refractivity contribution in [2.45, 2.75) is 18.7 Å². The third-order valence-corrected chi connectivity index (χ3v) is 3.47. The third-order valence-electron chi connectivity index (χ3n) is 2.43. The average Bonchev–Trinajstić information content (AvgIpc) is 2.17.